The van der Waals surface area contributed by atoms with Crippen molar-refractivity contribution in [2.75, 3.05) is 19.7 Å². The van der Waals surface area contributed by atoms with E-state index in [1.807, 2.05) is 6.92 Å². The van der Waals surface area contributed by atoms with E-state index in [1.165, 1.54) is 0 Å². The summed E-state index contributed by atoms with van der Waals surface area (Å²) in [7, 11) is 0. The molecule has 4 heteroatoms. The second-order valence-electron chi connectivity index (χ2n) is 4.72. The minimum Gasteiger partial charge on any atom is -0.396 e. The van der Waals surface area contributed by atoms with E-state index in [4.69, 9.17) is 5.73 Å². The van der Waals surface area contributed by atoms with Gasteiger partial charge >= 0.3 is 0 Å². The van der Waals surface area contributed by atoms with Crippen LogP contribution in [0.15, 0.2) is 0 Å². The summed E-state index contributed by atoms with van der Waals surface area (Å²) in [5.41, 5.74) is 5.35. The largest absolute Gasteiger partial charge is 0.396 e. The van der Waals surface area contributed by atoms with E-state index >= 15 is 0 Å². The van der Waals surface area contributed by atoms with Gasteiger partial charge in [0.05, 0.1) is 6.61 Å². The van der Waals surface area contributed by atoms with Crippen molar-refractivity contribution in [3.05, 3.63) is 0 Å². The molecule has 0 bridgehead atoms. The molecular weight excluding hydrogens is 192 g/mol. The summed E-state index contributed by atoms with van der Waals surface area (Å²) >= 11 is 0. The number of hydrogen-bond acceptors (Lipinski definition) is 3. The summed E-state index contributed by atoms with van der Waals surface area (Å²) in [5.74, 6) is -0.139. The highest BCUT2D eigenvalue weighted by Crippen LogP contribution is 2.36. The van der Waals surface area contributed by atoms with Crippen LogP contribution < -0.4 is 11.1 Å². The molecule has 0 aromatic rings. The Morgan fingerprint density at radius 2 is 2.13 bits per heavy atom. The molecule has 1 aliphatic rings. The number of nitrogens with one attached hydrogen (secondary N) is 1. The van der Waals surface area contributed by atoms with Crippen LogP contribution in [0.1, 0.15) is 32.6 Å². The Labute approximate surface area is 91.2 Å². The maximum absolute atomic E-state index is 11.5. The summed E-state index contributed by atoms with van der Waals surface area (Å²) < 4.78 is 0. The first-order chi connectivity index (χ1) is 7.13. The minimum absolute atomic E-state index is 0.00257. The molecule has 88 valence electrons. The number of carbonyl (C=O) groups is 1. The van der Waals surface area contributed by atoms with Crippen LogP contribution in [0.5, 0.6) is 0 Å². The van der Waals surface area contributed by atoms with E-state index < -0.39 is 0 Å². The average Bonchev–Trinajstić information content (AvgIpc) is 2.74. The van der Waals surface area contributed by atoms with Crippen molar-refractivity contribution in [3.63, 3.8) is 0 Å². The Hall–Kier alpha value is -0.610. The highest BCUT2D eigenvalue weighted by molar-refractivity contribution is 5.78. The number of amides is 1. The van der Waals surface area contributed by atoms with Crippen molar-refractivity contribution < 1.29 is 9.90 Å². The average molecular weight is 214 g/mol. The van der Waals surface area contributed by atoms with E-state index in [0.29, 0.717) is 13.1 Å². The molecular formula is C11H22N2O2. The summed E-state index contributed by atoms with van der Waals surface area (Å²) in [6.45, 7) is 2.95. The van der Waals surface area contributed by atoms with E-state index in [-0.39, 0.29) is 23.8 Å². The van der Waals surface area contributed by atoms with Crippen LogP contribution in [0.25, 0.3) is 0 Å². The van der Waals surface area contributed by atoms with Crippen molar-refractivity contribution in [2.24, 2.45) is 17.1 Å². The number of nitrogens with two attached hydrogens (primary N) is 1. The van der Waals surface area contributed by atoms with Gasteiger partial charge in [-0.05, 0) is 12.8 Å². The van der Waals surface area contributed by atoms with Crippen LogP contribution >= 0.6 is 0 Å². The maximum Gasteiger partial charge on any atom is 0.224 e. The third-order valence-corrected chi connectivity index (χ3v) is 3.44. The molecule has 0 aliphatic heterocycles. The normalized spacial score (nSPS) is 21.3. The van der Waals surface area contributed by atoms with E-state index in [1.54, 1.807) is 0 Å². The molecule has 1 amide bonds. The van der Waals surface area contributed by atoms with Gasteiger partial charge in [0.1, 0.15) is 0 Å². The zero-order chi connectivity index (χ0) is 11.3. The van der Waals surface area contributed by atoms with E-state index in [0.717, 1.165) is 25.7 Å². The fraction of sp³-hybridized carbons (Fsp3) is 0.909. The standard InChI is InChI=1S/C11H22N2O2/c1-9(6-12)10(15)13-7-11(8-14)4-2-3-5-11/h9,14H,2-8,12H2,1H3,(H,13,15). The van der Waals surface area contributed by atoms with Crippen LogP contribution in [-0.4, -0.2) is 30.7 Å². The summed E-state index contributed by atoms with van der Waals surface area (Å²) in [6.07, 6.45) is 4.34. The van der Waals surface area contributed by atoms with Gasteiger partial charge in [-0.2, -0.15) is 0 Å². The van der Waals surface area contributed by atoms with Crippen molar-refractivity contribution in [1.82, 2.24) is 5.32 Å². The molecule has 0 aromatic heterocycles. The van der Waals surface area contributed by atoms with Crippen LogP contribution in [-0.2, 0) is 4.79 Å². The molecule has 1 atom stereocenters. The Balaban J connectivity index is 2.37. The van der Waals surface area contributed by atoms with Gasteiger partial charge in [0.2, 0.25) is 5.91 Å². The van der Waals surface area contributed by atoms with Crippen LogP contribution in [0.2, 0.25) is 0 Å². The number of aliphatic hydroxyl groups excluding tert-OH is 1. The molecule has 1 unspecified atom stereocenters. The Morgan fingerprint density at radius 1 is 1.53 bits per heavy atom. The van der Waals surface area contributed by atoms with E-state index in [9.17, 15) is 9.90 Å². The fourth-order valence-corrected chi connectivity index (χ4v) is 2.07. The van der Waals surface area contributed by atoms with Crippen molar-refractivity contribution >= 4 is 5.91 Å². The van der Waals surface area contributed by atoms with Gasteiger partial charge in [-0.15, -0.1) is 0 Å². The molecule has 0 radical (unpaired) electrons. The predicted molar refractivity (Wildman–Crippen MR) is 59.2 cm³/mol. The van der Waals surface area contributed by atoms with Gasteiger partial charge < -0.3 is 16.2 Å². The highest BCUT2D eigenvalue weighted by atomic mass is 16.3. The Bertz CT molecular complexity index is 213. The molecule has 1 fully saturated rings. The fourth-order valence-electron chi connectivity index (χ4n) is 2.07. The third-order valence-electron chi connectivity index (χ3n) is 3.44. The quantitative estimate of drug-likeness (QED) is 0.614. The Kier molecular flexibility index (Phi) is 4.54. The van der Waals surface area contributed by atoms with Crippen molar-refractivity contribution in [2.45, 2.75) is 32.6 Å². The van der Waals surface area contributed by atoms with Crippen LogP contribution in [0.4, 0.5) is 0 Å². The molecule has 0 spiro atoms. The van der Waals surface area contributed by atoms with Crippen molar-refractivity contribution in [1.29, 1.82) is 0 Å². The molecule has 1 saturated carbocycles. The van der Waals surface area contributed by atoms with Gasteiger partial charge in [-0.25, -0.2) is 0 Å². The lowest BCUT2D eigenvalue weighted by molar-refractivity contribution is -0.124. The highest BCUT2D eigenvalue weighted by Gasteiger charge is 2.33. The maximum atomic E-state index is 11.5. The van der Waals surface area contributed by atoms with Gasteiger partial charge in [-0.3, -0.25) is 4.79 Å². The number of rotatable bonds is 5. The lowest BCUT2D eigenvalue weighted by Gasteiger charge is -2.27. The molecule has 1 rings (SSSR count). The van der Waals surface area contributed by atoms with Crippen molar-refractivity contribution in [3.8, 4) is 0 Å². The molecule has 0 heterocycles. The first kappa shape index (κ1) is 12.5. The first-order valence-electron chi connectivity index (χ1n) is 5.72. The number of aliphatic hydroxyl groups is 1. The molecule has 15 heavy (non-hydrogen) atoms. The predicted octanol–water partition coefficient (Wildman–Crippen LogP) is 0.250. The molecule has 4 nitrogen and oxygen atoms in total. The monoisotopic (exact) mass is 214 g/mol. The van der Waals surface area contributed by atoms with E-state index in [2.05, 4.69) is 5.32 Å². The zero-order valence-corrected chi connectivity index (χ0v) is 9.46. The smallest absolute Gasteiger partial charge is 0.224 e. The number of hydrogen-bond donors (Lipinski definition) is 3. The van der Waals surface area contributed by atoms with Gasteiger partial charge in [0.15, 0.2) is 0 Å². The second-order valence-corrected chi connectivity index (χ2v) is 4.72. The number of carbonyl (C=O) groups excluding carboxylic acids is 1. The van der Waals surface area contributed by atoms with Gasteiger partial charge in [-0.1, -0.05) is 19.8 Å². The molecule has 0 saturated heterocycles. The topological polar surface area (TPSA) is 75.4 Å². The van der Waals surface area contributed by atoms with Crippen LogP contribution in [0.3, 0.4) is 0 Å². The van der Waals surface area contributed by atoms with Crippen LogP contribution in [0, 0.1) is 11.3 Å². The minimum atomic E-state index is -0.137. The Morgan fingerprint density at radius 3 is 2.60 bits per heavy atom. The molecule has 1 aliphatic carbocycles. The summed E-state index contributed by atoms with van der Waals surface area (Å²) in [5, 5.41) is 12.2. The zero-order valence-electron chi connectivity index (χ0n) is 9.46. The van der Waals surface area contributed by atoms with Gasteiger partial charge in [0.25, 0.3) is 0 Å². The first-order valence-corrected chi connectivity index (χ1v) is 5.72. The molecule has 4 N–H and O–H groups in total. The molecule has 0 aromatic carbocycles. The third kappa shape index (κ3) is 3.18. The second kappa shape index (κ2) is 5.47. The van der Waals surface area contributed by atoms with Gasteiger partial charge in [0, 0.05) is 24.4 Å². The summed E-state index contributed by atoms with van der Waals surface area (Å²) in [6, 6.07) is 0. The SMILES string of the molecule is CC(CN)C(=O)NCC1(CO)CCCC1. The lowest BCUT2D eigenvalue weighted by atomic mass is 9.87. The summed E-state index contributed by atoms with van der Waals surface area (Å²) in [4.78, 5) is 11.5. The lowest BCUT2D eigenvalue weighted by Crippen LogP contribution is -2.41.